The molecular formula is C12H17N5O2. The van der Waals surface area contributed by atoms with Crippen LogP contribution < -0.4 is 10.6 Å². The Hall–Kier alpha value is -1.89. The van der Waals surface area contributed by atoms with Gasteiger partial charge in [0.25, 0.3) is 0 Å². The van der Waals surface area contributed by atoms with Crippen LogP contribution in [-0.4, -0.2) is 43.9 Å². The first kappa shape index (κ1) is 12.2. The number of aliphatic hydroxyl groups excluding tert-OH is 1. The average Bonchev–Trinajstić information content (AvgIpc) is 2.96. The van der Waals surface area contributed by atoms with Crippen LogP contribution in [0.3, 0.4) is 0 Å². The number of aromatic nitrogens is 4. The minimum absolute atomic E-state index is 0.269. The van der Waals surface area contributed by atoms with E-state index in [-0.39, 0.29) is 17.7 Å². The lowest BCUT2D eigenvalue weighted by Crippen LogP contribution is -2.25. The molecule has 0 aromatic carbocycles. The zero-order valence-corrected chi connectivity index (χ0v) is 11.0. The first-order valence-corrected chi connectivity index (χ1v) is 6.44. The van der Waals surface area contributed by atoms with Crippen LogP contribution in [-0.2, 0) is 0 Å². The van der Waals surface area contributed by atoms with Gasteiger partial charge in [0.2, 0.25) is 0 Å². The Morgan fingerprint density at radius 1 is 1.58 bits per heavy atom. The second-order valence-corrected chi connectivity index (χ2v) is 5.12. The smallest absolute Gasteiger partial charge is 0.349 e. The molecule has 3 heterocycles. The number of hydrogen-bond acceptors (Lipinski definition) is 5. The summed E-state index contributed by atoms with van der Waals surface area (Å²) in [6, 6.07) is 1.80. The molecule has 102 valence electrons. The Bertz CT molecular complexity index is 660. The zero-order valence-electron chi connectivity index (χ0n) is 11.0. The first-order chi connectivity index (χ1) is 9.06. The topological polar surface area (TPSA) is 86.5 Å². The van der Waals surface area contributed by atoms with Gasteiger partial charge in [-0.2, -0.15) is 5.10 Å². The predicted molar refractivity (Wildman–Crippen MR) is 70.3 cm³/mol. The van der Waals surface area contributed by atoms with Crippen molar-refractivity contribution in [3.63, 3.8) is 0 Å². The standard InChI is InChI=1S/C12H17N5O2/c1-7(18)9-3-4-16(6-9)10-5-11-14-15-12(19)17(11)8(2)13-10/h5,7,9,18H,3-4,6H2,1-2H3,(H,15,19). The van der Waals surface area contributed by atoms with E-state index in [0.29, 0.717) is 11.5 Å². The molecule has 2 unspecified atom stereocenters. The Balaban J connectivity index is 1.96. The molecule has 7 heteroatoms. The summed E-state index contributed by atoms with van der Waals surface area (Å²) in [5.41, 5.74) is 0.308. The number of anilines is 1. The molecule has 0 saturated carbocycles. The highest BCUT2D eigenvalue weighted by Gasteiger charge is 2.27. The molecule has 0 bridgehead atoms. The Morgan fingerprint density at radius 2 is 2.37 bits per heavy atom. The van der Waals surface area contributed by atoms with Gasteiger partial charge in [0.05, 0.1) is 6.10 Å². The van der Waals surface area contributed by atoms with Crippen molar-refractivity contribution in [1.82, 2.24) is 19.6 Å². The fourth-order valence-corrected chi connectivity index (χ4v) is 2.63. The highest BCUT2D eigenvalue weighted by atomic mass is 16.3. The molecule has 2 N–H and O–H groups in total. The van der Waals surface area contributed by atoms with E-state index in [1.165, 1.54) is 4.40 Å². The Kier molecular flexibility index (Phi) is 2.78. The largest absolute Gasteiger partial charge is 0.393 e. The van der Waals surface area contributed by atoms with Gasteiger partial charge in [-0.1, -0.05) is 0 Å². The molecule has 7 nitrogen and oxygen atoms in total. The number of nitrogens with zero attached hydrogens (tertiary/aromatic N) is 4. The molecule has 3 rings (SSSR count). The summed E-state index contributed by atoms with van der Waals surface area (Å²) in [6.45, 7) is 5.26. The van der Waals surface area contributed by atoms with Gasteiger partial charge >= 0.3 is 5.69 Å². The quantitative estimate of drug-likeness (QED) is 0.792. The van der Waals surface area contributed by atoms with Crippen LogP contribution in [0.5, 0.6) is 0 Å². The van der Waals surface area contributed by atoms with Crippen LogP contribution >= 0.6 is 0 Å². The van der Waals surface area contributed by atoms with E-state index in [4.69, 9.17) is 0 Å². The molecule has 0 spiro atoms. The third kappa shape index (κ3) is 1.99. The molecule has 1 saturated heterocycles. The van der Waals surface area contributed by atoms with Gasteiger partial charge < -0.3 is 10.0 Å². The maximum Gasteiger partial charge on any atom is 0.349 e. The van der Waals surface area contributed by atoms with Gasteiger partial charge in [-0.25, -0.2) is 19.3 Å². The summed E-state index contributed by atoms with van der Waals surface area (Å²) < 4.78 is 1.45. The normalized spacial score (nSPS) is 21.2. The highest BCUT2D eigenvalue weighted by Crippen LogP contribution is 2.25. The number of fused-ring (bicyclic) bond motifs is 1. The number of H-pyrrole nitrogens is 1. The minimum atomic E-state index is -0.303. The molecule has 2 atom stereocenters. The molecular weight excluding hydrogens is 246 g/mol. The lowest BCUT2D eigenvalue weighted by Gasteiger charge is -2.19. The second kappa shape index (κ2) is 4.34. The molecule has 0 aliphatic carbocycles. The van der Waals surface area contributed by atoms with Crippen LogP contribution in [0.2, 0.25) is 0 Å². The second-order valence-electron chi connectivity index (χ2n) is 5.12. The summed E-state index contributed by atoms with van der Waals surface area (Å²) in [5.74, 6) is 1.71. The molecule has 2 aromatic heterocycles. The van der Waals surface area contributed by atoms with Gasteiger partial charge in [0.1, 0.15) is 11.6 Å². The molecule has 1 aliphatic heterocycles. The van der Waals surface area contributed by atoms with E-state index in [0.717, 1.165) is 25.3 Å². The first-order valence-electron chi connectivity index (χ1n) is 6.44. The molecule has 0 amide bonds. The Labute approximate surface area is 109 Å². The van der Waals surface area contributed by atoms with Crippen LogP contribution in [0.1, 0.15) is 19.2 Å². The van der Waals surface area contributed by atoms with Gasteiger partial charge in [-0.3, -0.25) is 0 Å². The summed E-state index contributed by atoms with van der Waals surface area (Å²) in [5, 5.41) is 16.0. The number of nitrogens with one attached hydrogen (secondary N) is 1. The van der Waals surface area contributed by atoms with E-state index in [9.17, 15) is 9.90 Å². The predicted octanol–water partition coefficient (Wildman–Crippen LogP) is -0.0669. The lowest BCUT2D eigenvalue weighted by atomic mass is 10.0. The SMILES string of the molecule is Cc1nc(N2CCC(C(C)O)C2)cc2n[nH]c(=O)n12. The van der Waals surface area contributed by atoms with Gasteiger partial charge in [0, 0.05) is 25.1 Å². The number of aliphatic hydroxyl groups is 1. The number of aromatic amines is 1. The summed E-state index contributed by atoms with van der Waals surface area (Å²) in [4.78, 5) is 18.1. The van der Waals surface area contributed by atoms with Crippen molar-refractivity contribution < 1.29 is 5.11 Å². The molecule has 1 aliphatic rings. The zero-order chi connectivity index (χ0) is 13.6. The molecule has 0 radical (unpaired) electrons. The van der Waals surface area contributed by atoms with Crippen molar-refractivity contribution in [3.8, 4) is 0 Å². The van der Waals surface area contributed by atoms with E-state index in [2.05, 4.69) is 20.1 Å². The van der Waals surface area contributed by atoms with Gasteiger partial charge in [-0.05, 0) is 20.3 Å². The fraction of sp³-hybridized carbons (Fsp3) is 0.583. The third-order valence-electron chi connectivity index (χ3n) is 3.79. The van der Waals surface area contributed by atoms with Crippen LogP contribution in [0.25, 0.3) is 5.65 Å². The number of hydrogen-bond donors (Lipinski definition) is 2. The van der Waals surface area contributed by atoms with E-state index < -0.39 is 0 Å². The van der Waals surface area contributed by atoms with Crippen molar-refractivity contribution in [3.05, 3.63) is 22.4 Å². The monoisotopic (exact) mass is 263 g/mol. The lowest BCUT2D eigenvalue weighted by molar-refractivity contribution is 0.136. The molecule has 2 aromatic rings. The van der Waals surface area contributed by atoms with E-state index >= 15 is 0 Å². The number of aryl methyl sites for hydroxylation is 1. The minimum Gasteiger partial charge on any atom is -0.393 e. The van der Waals surface area contributed by atoms with E-state index in [1.807, 2.05) is 6.92 Å². The van der Waals surface area contributed by atoms with E-state index in [1.54, 1.807) is 13.0 Å². The van der Waals surface area contributed by atoms with Crippen molar-refractivity contribution >= 4 is 11.5 Å². The van der Waals surface area contributed by atoms with Crippen molar-refractivity contribution in [2.75, 3.05) is 18.0 Å². The van der Waals surface area contributed by atoms with Gasteiger partial charge in [-0.15, -0.1) is 0 Å². The summed E-state index contributed by atoms with van der Waals surface area (Å²) >= 11 is 0. The Morgan fingerprint density at radius 3 is 3.05 bits per heavy atom. The average molecular weight is 263 g/mol. The summed E-state index contributed by atoms with van der Waals surface area (Å²) in [7, 11) is 0. The highest BCUT2D eigenvalue weighted by molar-refractivity contribution is 5.52. The van der Waals surface area contributed by atoms with Crippen molar-refractivity contribution in [2.24, 2.45) is 5.92 Å². The maximum absolute atomic E-state index is 11.5. The van der Waals surface area contributed by atoms with Gasteiger partial charge in [0.15, 0.2) is 5.65 Å². The van der Waals surface area contributed by atoms with Crippen molar-refractivity contribution in [2.45, 2.75) is 26.4 Å². The van der Waals surface area contributed by atoms with Crippen LogP contribution in [0.15, 0.2) is 10.9 Å². The summed E-state index contributed by atoms with van der Waals surface area (Å²) in [6.07, 6.45) is 0.652. The molecule has 19 heavy (non-hydrogen) atoms. The fourth-order valence-electron chi connectivity index (χ4n) is 2.63. The third-order valence-corrected chi connectivity index (χ3v) is 3.79. The van der Waals surface area contributed by atoms with Crippen molar-refractivity contribution in [1.29, 1.82) is 0 Å². The number of rotatable bonds is 2. The molecule has 1 fully saturated rings. The van der Waals surface area contributed by atoms with Crippen LogP contribution in [0.4, 0.5) is 5.82 Å². The van der Waals surface area contributed by atoms with Crippen LogP contribution in [0, 0.1) is 12.8 Å². The maximum atomic E-state index is 11.5.